The van der Waals surface area contributed by atoms with Crippen LogP contribution < -0.4 is 14.2 Å². The number of aliphatic hydroxyl groups excluding tert-OH is 1. The van der Waals surface area contributed by atoms with Gasteiger partial charge in [0.1, 0.15) is 28.3 Å². The van der Waals surface area contributed by atoms with E-state index in [9.17, 15) is 60.3 Å². The quantitative estimate of drug-likeness (QED) is 0.0876. The lowest BCUT2D eigenvalue weighted by atomic mass is 9.90. The molecule has 2 saturated heterocycles. The van der Waals surface area contributed by atoms with Gasteiger partial charge in [0.2, 0.25) is 43.7 Å². The van der Waals surface area contributed by atoms with Crippen LogP contribution in [0.1, 0.15) is 183 Å². The van der Waals surface area contributed by atoms with Crippen LogP contribution in [0.3, 0.4) is 0 Å². The lowest BCUT2D eigenvalue weighted by Crippen LogP contribution is -2.46. The molecule has 10 atom stereocenters. The predicted molar refractivity (Wildman–Crippen MR) is 367 cm³/mol. The molecule has 4 aliphatic heterocycles. The van der Waals surface area contributed by atoms with Gasteiger partial charge in [-0.25, -0.2) is 16.8 Å². The highest BCUT2D eigenvalue weighted by Crippen LogP contribution is 2.59. The highest BCUT2D eigenvalue weighted by atomic mass is 35.5. The molecule has 0 radical (unpaired) electrons. The molecule has 4 amide bonds. The number of rotatable bonds is 12. The number of Topliss-reactive ketones (excluding diaryl/α,β-unsaturated/α-hetero) is 2. The molecule has 6 fully saturated rings. The number of aromatic nitrogens is 2. The van der Waals surface area contributed by atoms with Crippen molar-refractivity contribution >= 4 is 124 Å². The van der Waals surface area contributed by atoms with Gasteiger partial charge >= 0.3 is 18.0 Å². The summed E-state index contributed by atoms with van der Waals surface area (Å²) in [7, 11) is -7.62. The van der Waals surface area contributed by atoms with Gasteiger partial charge in [-0.3, -0.25) is 47.8 Å². The topological polar surface area (TPSA) is 335 Å². The molecule has 29 heteroatoms. The second kappa shape index (κ2) is 30.6. The van der Waals surface area contributed by atoms with Crippen molar-refractivity contribution in [3.8, 4) is 6.08 Å². The zero-order valence-corrected chi connectivity index (χ0v) is 60.5. The fourth-order valence-corrected chi connectivity index (χ4v) is 17.0. The SMILES string of the molecule is CC(C)(C)OC(=O)C[C@H]1CCCCC/C=C\[C@@H]2C[C@@]2(C(=O)NS(=O)(=O)C2CC2)CC(=O)[C@@H]2C[C@@H](O)CN2C1=O.CC(C)(C)OC(=O)C[C@H]1CCCCC/C=C\[C@@H]2C[C@@]2(C(=O)NS(=O)(=O)C2CC2)CC(=O)[C@@H]2C[C@@H](Oc3nc4cc(Cl)ccc4o3)CN2C1=O.Clc1ccc2oc(Cl)nc2c1. The number of carbonyl (C=O) groups is 8. The number of fused-ring (bicyclic) bond motifs is 6. The number of halogens is 3. The van der Waals surface area contributed by atoms with E-state index in [1.54, 1.807) is 77.9 Å². The number of carbonyl (C=O) groups excluding carboxylic acids is 8. The van der Waals surface area contributed by atoms with Gasteiger partial charge in [0.05, 0.1) is 58.9 Å². The number of nitrogens with one attached hydrogen (secondary N) is 2. The van der Waals surface area contributed by atoms with Gasteiger partial charge in [0.25, 0.3) is 5.35 Å². The Labute approximate surface area is 591 Å². The fraction of sp³-hybridized carbons (Fsp3) is 0.629. The summed E-state index contributed by atoms with van der Waals surface area (Å²) in [5.74, 6) is -5.80. The minimum absolute atomic E-state index is 0.0259. The highest BCUT2D eigenvalue weighted by Gasteiger charge is 2.63. The molecular weight excluding hydrogens is 1380 g/mol. The zero-order chi connectivity index (χ0) is 71.6. The number of ether oxygens (including phenoxy) is 3. The van der Waals surface area contributed by atoms with Crippen LogP contribution in [0.4, 0.5) is 0 Å². The number of sulfonamides is 2. The van der Waals surface area contributed by atoms with Crippen LogP contribution in [0.25, 0.3) is 22.2 Å². The number of ketones is 2. The predicted octanol–water partition coefficient (Wildman–Crippen LogP) is 10.8. The maximum atomic E-state index is 14.3. The van der Waals surface area contributed by atoms with Crippen LogP contribution in [0.5, 0.6) is 6.08 Å². The summed E-state index contributed by atoms with van der Waals surface area (Å²) in [6.45, 7) is 10.6. The largest absolute Gasteiger partial charge is 0.460 e. The number of aliphatic hydroxyl groups is 1. The zero-order valence-electron chi connectivity index (χ0n) is 56.6. The normalized spacial score (nSPS) is 28.6. The lowest BCUT2D eigenvalue weighted by Gasteiger charge is -2.29. The lowest BCUT2D eigenvalue weighted by molar-refractivity contribution is -0.159. The van der Waals surface area contributed by atoms with E-state index in [4.69, 9.17) is 57.8 Å². The highest BCUT2D eigenvalue weighted by molar-refractivity contribution is 7.91. The minimum Gasteiger partial charge on any atom is -0.460 e. The molecule has 0 spiro atoms. The number of hydrogen-bond donors (Lipinski definition) is 3. The van der Waals surface area contributed by atoms with Crippen LogP contribution >= 0.6 is 34.8 Å². The van der Waals surface area contributed by atoms with Crippen molar-refractivity contribution in [1.82, 2.24) is 29.2 Å². The van der Waals surface area contributed by atoms with Gasteiger partial charge in [-0.15, -0.1) is 0 Å². The number of benzene rings is 2. The molecule has 2 aromatic carbocycles. The first-order valence-electron chi connectivity index (χ1n) is 34.3. The van der Waals surface area contributed by atoms with Crippen LogP contribution in [0.15, 0.2) is 69.5 Å². The van der Waals surface area contributed by atoms with E-state index >= 15 is 0 Å². The third kappa shape index (κ3) is 19.6. The first kappa shape index (κ1) is 75.2. The maximum absolute atomic E-state index is 14.3. The molecular formula is C70H89Cl3N6O18S2. The number of oxazole rings is 2. The fourth-order valence-electron chi connectivity index (χ4n) is 13.7. The Morgan fingerprint density at radius 3 is 1.52 bits per heavy atom. The van der Waals surface area contributed by atoms with E-state index in [2.05, 4.69) is 19.4 Å². The van der Waals surface area contributed by atoms with Gasteiger partial charge in [-0.2, -0.15) is 9.97 Å². The van der Waals surface area contributed by atoms with E-state index in [-0.39, 0.29) is 98.3 Å². The smallest absolute Gasteiger partial charge is 0.394 e. The summed E-state index contributed by atoms with van der Waals surface area (Å²) >= 11 is 17.3. The molecule has 0 unspecified atom stereocenters. The first-order valence-corrected chi connectivity index (χ1v) is 38.5. The molecule has 24 nitrogen and oxygen atoms in total. The molecule has 0 bridgehead atoms. The van der Waals surface area contributed by atoms with Crippen molar-refractivity contribution < 1.29 is 83.3 Å². The van der Waals surface area contributed by atoms with Crippen molar-refractivity contribution in [2.75, 3.05) is 13.1 Å². The molecule has 8 aliphatic rings. The second-order valence-electron chi connectivity index (χ2n) is 29.7. The minimum atomic E-state index is -3.83. The molecule has 6 heterocycles. The van der Waals surface area contributed by atoms with Crippen molar-refractivity contribution in [3.63, 3.8) is 0 Å². The van der Waals surface area contributed by atoms with Gasteiger partial charge in [-0.1, -0.05) is 73.2 Å². The van der Waals surface area contributed by atoms with Gasteiger partial charge in [0.15, 0.2) is 22.7 Å². The molecule has 4 aromatic rings. The standard InChI is InChI=1S/C35H44ClN3O9S.C28H42N2O8S.C7H3Cl2NO/c1-34(2,3)48-30(41)15-21-9-7-5-4-6-8-10-22-18-35(22,32(43)38-49(44,45)25-12-13-25)19-28(40)27-17-24(20-39(27)31(21)42)46-33-37-26-16-23(36)11-14-29(26)47-33;1-27(2,3)38-24(33)13-18-9-7-5-4-6-8-10-19-15-28(19,26(35)29-39(36,37)21-11-12-21)16-23(32)22-14-20(31)17-30(22)25(18)34;8-4-1-2-6-5(3-4)10-7(9)11-6/h8,10-11,14,16,21-22,24-25,27H,4-7,9,12-13,15,17-20H2,1-3H3,(H,38,43);8,10,18-22,31H,4-7,9,11-17H2,1-3H3,(H,29,35);1-3H/b2*10-8-;/t21-,22-,24-,27+,35-;18-,19-,20-,22+,28-;/m11./s1. The summed E-state index contributed by atoms with van der Waals surface area (Å²) in [4.78, 5) is 120. The summed E-state index contributed by atoms with van der Waals surface area (Å²) < 4.78 is 82.9. The Balaban J connectivity index is 0.000000188. The maximum Gasteiger partial charge on any atom is 0.394 e. The summed E-state index contributed by atoms with van der Waals surface area (Å²) in [5.41, 5.74) is -1.57. The van der Waals surface area contributed by atoms with Crippen LogP contribution in [-0.2, 0) is 67.9 Å². The summed E-state index contributed by atoms with van der Waals surface area (Å²) in [6.07, 6.45) is 15.5. The van der Waals surface area contributed by atoms with Crippen molar-refractivity contribution in [2.45, 2.75) is 229 Å². The molecule has 99 heavy (non-hydrogen) atoms. The van der Waals surface area contributed by atoms with E-state index in [0.717, 1.165) is 44.9 Å². The van der Waals surface area contributed by atoms with E-state index in [1.807, 2.05) is 24.3 Å². The second-order valence-corrected chi connectivity index (χ2v) is 34.8. The average molecular weight is 1470 g/mol. The molecule has 540 valence electrons. The van der Waals surface area contributed by atoms with Gasteiger partial charge in [0, 0.05) is 54.1 Å². The number of hydrogen-bond acceptors (Lipinski definition) is 20. The molecule has 2 aromatic heterocycles. The van der Waals surface area contributed by atoms with Crippen molar-refractivity contribution in [2.24, 2.45) is 34.5 Å². The Bertz CT molecular complexity index is 4020. The van der Waals surface area contributed by atoms with Crippen molar-refractivity contribution in [1.29, 1.82) is 0 Å². The van der Waals surface area contributed by atoms with E-state index in [1.165, 1.54) is 9.80 Å². The molecule has 12 rings (SSSR count). The van der Waals surface area contributed by atoms with Crippen LogP contribution in [0, 0.1) is 34.5 Å². The first-order chi connectivity index (χ1) is 46.6. The van der Waals surface area contributed by atoms with Crippen molar-refractivity contribution in [3.05, 3.63) is 76.1 Å². The average Bonchev–Trinajstić information content (AvgIpc) is 1.58. The number of allylic oxidation sites excluding steroid dienone is 4. The Kier molecular flexibility index (Phi) is 23.3. The van der Waals surface area contributed by atoms with E-state index in [0.29, 0.717) is 90.0 Å². The number of esters is 2. The van der Waals surface area contributed by atoms with Gasteiger partial charge < -0.3 is 38.0 Å². The van der Waals surface area contributed by atoms with E-state index < -0.39 is 112 Å². The third-order valence-corrected chi connectivity index (χ3v) is 23.5. The summed E-state index contributed by atoms with van der Waals surface area (Å²) in [5, 5.41) is 10.5. The third-order valence-electron chi connectivity index (χ3n) is 19.3. The molecule has 3 N–H and O–H groups in total. The van der Waals surface area contributed by atoms with Gasteiger partial charge in [-0.05, 0) is 178 Å². The number of nitrogens with zero attached hydrogens (tertiary/aromatic N) is 4. The Morgan fingerprint density at radius 1 is 0.606 bits per heavy atom. The summed E-state index contributed by atoms with van der Waals surface area (Å²) in [6, 6.07) is 8.21. The monoisotopic (exact) mass is 1470 g/mol. The van der Waals surface area contributed by atoms with Crippen LogP contribution in [0.2, 0.25) is 15.4 Å². The number of amides is 4. The molecule has 4 aliphatic carbocycles. The Morgan fingerprint density at radius 2 is 1.05 bits per heavy atom. The Hall–Kier alpha value is -6.45. The van der Waals surface area contributed by atoms with Crippen LogP contribution in [-0.4, -0.2) is 148 Å². The molecule has 4 saturated carbocycles.